The molecule has 1 aromatic rings. The summed E-state index contributed by atoms with van der Waals surface area (Å²) in [6.07, 6.45) is 0.933. The second-order valence-electron chi connectivity index (χ2n) is 2.76. The van der Waals surface area contributed by atoms with Crippen molar-refractivity contribution in [3.05, 3.63) is 23.8 Å². The third-order valence-corrected chi connectivity index (χ3v) is 2.75. The normalized spacial score (nSPS) is 11.2. The lowest BCUT2D eigenvalue weighted by atomic mass is 10.2. The van der Waals surface area contributed by atoms with Gasteiger partial charge < -0.3 is 10.2 Å². The van der Waals surface area contributed by atoms with Crippen molar-refractivity contribution in [1.29, 1.82) is 0 Å². The van der Waals surface area contributed by atoms with E-state index in [1.807, 2.05) is 0 Å². The highest BCUT2D eigenvalue weighted by molar-refractivity contribution is 7.90. The molecule has 0 aliphatic rings. The Morgan fingerprint density at radius 3 is 2.29 bits per heavy atom. The van der Waals surface area contributed by atoms with Gasteiger partial charge in [-0.25, -0.2) is 13.2 Å². The molecule has 0 spiro atoms. The monoisotopic (exact) mass is 216 g/mol. The largest absolute Gasteiger partial charge is 0.507 e. The molecular weight excluding hydrogens is 208 g/mol. The number of carboxylic acids is 1. The van der Waals surface area contributed by atoms with Gasteiger partial charge in [-0.3, -0.25) is 0 Å². The van der Waals surface area contributed by atoms with Crippen molar-refractivity contribution in [3.63, 3.8) is 0 Å². The van der Waals surface area contributed by atoms with Crippen LogP contribution in [0.1, 0.15) is 10.4 Å². The van der Waals surface area contributed by atoms with Crippen LogP contribution in [0.3, 0.4) is 0 Å². The molecule has 0 amide bonds. The Morgan fingerprint density at radius 2 is 1.93 bits per heavy atom. The fraction of sp³-hybridized carbons (Fsp3) is 0.125. The SMILES string of the molecule is CS(=O)(=O)c1ccc(C(=O)O)cc1O. The Bertz CT molecular complexity index is 475. The summed E-state index contributed by atoms with van der Waals surface area (Å²) in [7, 11) is -3.52. The van der Waals surface area contributed by atoms with Gasteiger partial charge in [-0.2, -0.15) is 0 Å². The van der Waals surface area contributed by atoms with E-state index in [0.29, 0.717) is 0 Å². The summed E-state index contributed by atoms with van der Waals surface area (Å²) >= 11 is 0. The highest BCUT2D eigenvalue weighted by Gasteiger charge is 2.14. The molecule has 1 rings (SSSR count). The van der Waals surface area contributed by atoms with Gasteiger partial charge in [0.1, 0.15) is 10.6 Å². The van der Waals surface area contributed by atoms with Crippen molar-refractivity contribution in [2.75, 3.05) is 6.26 Å². The van der Waals surface area contributed by atoms with Crippen LogP contribution in [0, 0.1) is 0 Å². The van der Waals surface area contributed by atoms with E-state index in [0.717, 1.165) is 24.5 Å². The van der Waals surface area contributed by atoms with E-state index >= 15 is 0 Å². The molecule has 0 heterocycles. The first kappa shape index (κ1) is 10.5. The molecule has 0 aromatic heterocycles. The molecule has 1 aromatic carbocycles. The molecule has 14 heavy (non-hydrogen) atoms. The van der Waals surface area contributed by atoms with E-state index in [1.54, 1.807) is 0 Å². The smallest absolute Gasteiger partial charge is 0.335 e. The summed E-state index contributed by atoms with van der Waals surface area (Å²) in [5.74, 6) is -1.77. The minimum Gasteiger partial charge on any atom is -0.507 e. The maximum atomic E-state index is 11.0. The van der Waals surface area contributed by atoms with E-state index in [9.17, 15) is 18.3 Å². The Kier molecular flexibility index (Phi) is 2.48. The first-order valence-corrected chi connectivity index (χ1v) is 5.48. The maximum Gasteiger partial charge on any atom is 0.335 e. The molecule has 0 aliphatic carbocycles. The molecule has 0 saturated carbocycles. The zero-order chi connectivity index (χ0) is 10.9. The molecule has 0 atom stereocenters. The summed E-state index contributed by atoms with van der Waals surface area (Å²) < 4.78 is 22.1. The number of benzene rings is 1. The molecule has 0 saturated heterocycles. The van der Waals surface area contributed by atoms with Crippen LogP contribution in [-0.2, 0) is 9.84 Å². The van der Waals surface area contributed by atoms with Gasteiger partial charge in [0.25, 0.3) is 0 Å². The van der Waals surface area contributed by atoms with Gasteiger partial charge in [0, 0.05) is 6.26 Å². The number of carbonyl (C=O) groups is 1. The standard InChI is InChI=1S/C8H8O5S/c1-14(12,13)7-3-2-5(8(10)11)4-6(7)9/h2-4,9H,1H3,(H,10,11). The third-order valence-electron chi connectivity index (χ3n) is 1.61. The van der Waals surface area contributed by atoms with Gasteiger partial charge in [0.15, 0.2) is 9.84 Å². The van der Waals surface area contributed by atoms with Gasteiger partial charge in [0.05, 0.1) is 5.56 Å². The van der Waals surface area contributed by atoms with Crippen molar-refractivity contribution in [2.45, 2.75) is 4.90 Å². The number of aromatic hydroxyl groups is 1. The lowest BCUT2D eigenvalue weighted by Crippen LogP contribution is -2.00. The summed E-state index contributed by atoms with van der Waals surface area (Å²) in [5.41, 5.74) is -0.157. The van der Waals surface area contributed by atoms with E-state index in [-0.39, 0.29) is 10.5 Å². The van der Waals surface area contributed by atoms with Crippen molar-refractivity contribution in [2.24, 2.45) is 0 Å². The molecule has 0 fully saturated rings. The molecule has 76 valence electrons. The van der Waals surface area contributed by atoms with Gasteiger partial charge in [-0.1, -0.05) is 0 Å². The lowest BCUT2D eigenvalue weighted by Gasteiger charge is -2.02. The van der Waals surface area contributed by atoms with E-state index in [1.165, 1.54) is 0 Å². The van der Waals surface area contributed by atoms with Crippen LogP contribution in [0.15, 0.2) is 23.1 Å². The average Bonchev–Trinajstić information content (AvgIpc) is 2.01. The van der Waals surface area contributed by atoms with E-state index in [2.05, 4.69) is 0 Å². The molecule has 0 bridgehead atoms. The van der Waals surface area contributed by atoms with Gasteiger partial charge >= 0.3 is 5.97 Å². The highest BCUT2D eigenvalue weighted by atomic mass is 32.2. The number of carboxylic acid groups (broad SMARTS) is 1. The van der Waals surface area contributed by atoms with Crippen LogP contribution in [0.4, 0.5) is 0 Å². The quantitative estimate of drug-likeness (QED) is 0.750. The van der Waals surface area contributed by atoms with Crippen LogP contribution in [-0.4, -0.2) is 30.9 Å². The summed E-state index contributed by atoms with van der Waals surface area (Å²) in [5, 5.41) is 17.8. The van der Waals surface area contributed by atoms with E-state index < -0.39 is 21.6 Å². The predicted octanol–water partition coefficient (Wildman–Crippen LogP) is 0.494. The number of rotatable bonds is 2. The first-order valence-electron chi connectivity index (χ1n) is 3.59. The topological polar surface area (TPSA) is 91.7 Å². The average molecular weight is 216 g/mol. The highest BCUT2D eigenvalue weighted by Crippen LogP contribution is 2.23. The first-order chi connectivity index (χ1) is 6.32. The molecular formula is C8H8O5S. The lowest BCUT2D eigenvalue weighted by molar-refractivity contribution is 0.0696. The minimum atomic E-state index is -3.52. The van der Waals surface area contributed by atoms with E-state index in [4.69, 9.17) is 5.11 Å². The molecule has 0 unspecified atom stereocenters. The van der Waals surface area contributed by atoms with Crippen molar-refractivity contribution in [1.82, 2.24) is 0 Å². The zero-order valence-corrected chi connectivity index (χ0v) is 8.08. The minimum absolute atomic E-state index is 0.157. The maximum absolute atomic E-state index is 11.0. The Balaban J connectivity index is 3.35. The molecule has 5 nitrogen and oxygen atoms in total. The molecule has 2 N–H and O–H groups in total. The van der Waals surface area contributed by atoms with Crippen LogP contribution >= 0.6 is 0 Å². The predicted molar refractivity (Wildman–Crippen MR) is 48.2 cm³/mol. The number of hydrogen-bond donors (Lipinski definition) is 2. The zero-order valence-electron chi connectivity index (χ0n) is 7.26. The van der Waals surface area contributed by atoms with Crippen molar-refractivity contribution >= 4 is 15.8 Å². The number of hydrogen-bond acceptors (Lipinski definition) is 4. The number of phenolic OH excluding ortho intramolecular Hbond substituents is 1. The Morgan fingerprint density at radius 1 is 1.36 bits per heavy atom. The van der Waals surface area contributed by atoms with Gasteiger partial charge in [0.2, 0.25) is 0 Å². The van der Waals surface area contributed by atoms with Crippen LogP contribution < -0.4 is 0 Å². The fourth-order valence-electron chi connectivity index (χ4n) is 0.964. The number of aromatic carboxylic acids is 1. The third kappa shape index (κ3) is 2.02. The second kappa shape index (κ2) is 3.30. The van der Waals surface area contributed by atoms with Crippen LogP contribution in [0.2, 0.25) is 0 Å². The van der Waals surface area contributed by atoms with Gasteiger partial charge in [-0.05, 0) is 18.2 Å². The number of sulfone groups is 1. The molecule has 6 heteroatoms. The Hall–Kier alpha value is -1.56. The van der Waals surface area contributed by atoms with Crippen molar-refractivity contribution < 1.29 is 23.4 Å². The molecule has 0 radical (unpaired) electrons. The summed E-state index contributed by atoms with van der Waals surface area (Å²) in [4.78, 5) is 10.2. The second-order valence-corrected chi connectivity index (χ2v) is 4.74. The summed E-state index contributed by atoms with van der Waals surface area (Å²) in [6, 6.07) is 3.09. The summed E-state index contributed by atoms with van der Waals surface area (Å²) in [6.45, 7) is 0. The number of phenols is 1. The van der Waals surface area contributed by atoms with Crippen molar-refractivity contribution in [3.8, 4) is 5.75 Å². The molecule has 0 aliphatic heterocycles. The van der Waals surface area contributed by atoms with Gasteiger partial charge in [-0.15, -0.1) is 0 Å². The fourth-order valence-corrected chi connectivity index (χ4v) is 1.72. The van der Waals surface area contributed by atoms with Crippen LogP contribution in [0.5, 0.6) is 5.75 Å². The van der Waals surface area contributed by atoms with Crippen LogP contribution in [0.25, 0.3) is 0 Å². The Labute approximate surface area is 80.5 Å².